The molecule has 0 bridgehead atoms. The summed E-state index contributed by atoms with van der Waals surface area (Å²) in [5.74, 6) is 0. The monoisotopic (exact) mass is 210 g/mol. The first-order valence-electron chi connectivity index (χ1n) is 3.84. The Morgan fingerprint density at radius 1 is 1.29 bits per heavy atom. The second-order valence-corrected chi connectivity index (χ2v) is 2.89. The van der Waals surface area contributed by atoms with Crippen LogP contribution in [0.5, 0.6) is 0 Å². The summed E-state index contributed by atoms with van der Waals surface area (Å²) in [5.41, 5.74) is 11.8. The zero-order valence-corrected chi connectivity index (χ0v) is 8.10. The van der Waals surface area contributed by atoms with Crippen LogP contribution in [0.25, 0.3) is 0 Å². The summed E-state index contributed by atoms with van der Waals surface area (Å²) in [6.45, 7) is 0. The number of benzene rings is 1. The van der Waals surface area contributed by atoms with Gasteiger partial charge in [-0.25, -0.2) is 0 Å². The number of anilines is 2. The lowest BCUT2D eigenvalue weighted by atomic mass is 10.3. The second-order valence-electron chi connectivity index (χ2n) is 2.45. The van der Waals surface area contributed by atoms with Crippen LogP contribution >= 0.6 is 12.2 Å². The maximum Gasteiger partial charge on any atom is 0.225 e. The van der Waals surface area contributed by atoms with Gasteiger partial charge in [0.05, 0.1) is 5.69 Å². The number of amides is 1. The average Bonchev–Trinajstić information content (AvgIpc) is 2.16. The smallest absolute Gasteiger partial charge is 0.225 e. The molecule has 6 heteroatoms. The summed E-state index contributed by atoms with van der Waals surface area (Å²) in [4.78, 5) is 9.97. The summed E-state index contributed by atoms with van der Waals surface area (Å²) in [6, 6.07) is 7.12. The van der Waals surface area contributed by atoms with Gasteiger partial charge in [-0.2, -0.15) is 0 Å². The molecule has 0 spiro atoms. The molecule has 74 valence electrons. The number of hydrogen-bond acceptors (Lipinski definition) is 3. The summed E-state index contributed by atoms with van der Waals surface area (Å²) in [5, 5.41) is 3.00. The van der Waals surface area contributed by atoms with Crippen LogP contribution in [-0.2, 0) is 4.79 Å². The summed E-state index contributed by atoms with van der Waals surface area (Å²) < 4.78 is 0. The lowest BCUT2D eigenvalue weighted by Crippen LogP contribution is -2.20. The molecule has 0 unspecified atom stereocenters. The van der Waals surface area contributed by atoms with Gasteiger partial charge < -0.3 is 11.1 Å². The van der Waals surface area contributed by atoms with E-state index in [0.29, 0.717) is 6.41 Å². The van der Waals surface area contributed by atoms with Crippen molar-refractivity contribution >= 4 is 35.1 Å². The van der Waals surface area contributed by atoms with Gasteiger partial charge in [0.1, 0.15) is 0 Å². The molecule has 1 rings (SSSR count). The van der Waals surface area contributed by atoms with Crippen molar-refractivity contribution in [2.45, 2.75) is 0 Å². The molecule has 0 saturated carbocycles. The Kier molecular flexibility index (Phi) is 3.69. The van der Waals surface area contributed by atoms with Crippen LogP contribution in [0.15, 0.2) is 24.3 Å². The molecule has 0 aliphatic carbocycles. The lowest BCUT2D eigenvalue weighted by molar-refractivity contribution is -0.109. The Morgan fingerprint density at radius 2 is 1.86 bits per heavy atom. The fourth-order valence-electron chi connectivity index (χ4n) is 0.892. The Bertz CT molecular complexity index is 325. The quantitative estimate of drug-likeness (QED) is 0.329. The fraction of sp³-hybridized carbons (Fsp3) is 0. The minimum Gasteiger partial charge on any atom is -0.376 e. The van der Waals surface area contributed by atoms with Crippen LogP contribution in [0.4, 0.5) is 11.4 Å². The number of nitrogens with two attached hydrogens (primary N) is 1. The highest BCUT2D eigenvalue weighted by molar-refractivity contribution is 7.80. The van der Waals surface area contributed by atoms with Crippen LogP contribution in [0.1, 0.15) is 0 Å². The van der Waals surface area contributed by atoms with E-state index >= 15 is 0 Å². The molecule has 5 nitrogen and oxygen atoms in total. The van der Waals surface area contributed by atoms with Crippen LogP contribution < -0.4 is 21.9 Å². The van der Waals surface area contributed by atoms with Gasteiger partial charge in [0.25, 0.3) is 0 Å². The number of rotatable bonds is 4. The first-order chi connectivity index (χ1) is 6.72. The normalized spacial score (nSPS) is 8.86. The maximum atomic E-state index is 9.97. The number of hydrogen-bond donors (Lipinski definition) is 4. The molecule has 0 fully saturated rings. The van der Waals surface area contributed by atoms with Gasteiger partial charge in [0, 0.05) is 5.69 Å². The van der Waals surface area contributed by atoms with Crippen molar-refractivity contribution in [3.8, 4) is 0 Å². The van der Waals surface area contributed by atoms with Gasteiger partial charge in [-0.15, -0.1) is 0 Å². The van der Waals surface area contributed by atoms with Crippen LogP contribution in [0.3, 0.4) is 0 Å². The number of hydrazine groups is 1. The van der Waals surface area contributed by atoms with Crippen molar-refractivity contribution in [1.82, 2.24) is 5.43 Å². The van der Waals surface area contributed by atoms with E-state index in [4.69, 9.17) is 5.73 Å². The van der Waals surface area contributed by atoms with Crippen molar-refractivity contribution in [3.63, 3.8) is 0 Å². The van der Waals surface area contributed by atoms with Gasteiger partial charge in [-0.1, -0.05) is 0 Å². The third-order valence-electron chi connectivity index (χ3n) is 1.43. The van der Waals surface area contributed by atoms with Crippen LogP contribution in [0, 0.1) is 0 Å². The van der Waals surface area contributed by atoms with Gasteiger partial charge >= 0.3 is 0 Å². The minimum absolute atomic E-state index is 0.219. The topological polar surface area (TPSA) is 79.2 Å². The van der Waals surface area contributed by atoms with Gasteiger partial charge in [0.15, 0.2) is 5.11 Å². The summed E-state index contributed by atoms with van der Waals surface area (Å²) >= 11 is 4.67. The van der Waals surface area contributed by atoms with Crippen molar-refractivity contribution in [1.29, 1.82) is 0 Å². The van der Waals surface area contributed by atoms with Crippen molar-refractivity contribution in [2.24, 2.45) is 5.73 Å². The standard InChI is InChI=1S/C8H10N4OS/c9-8(14)11-6-1-3-7(4-2-6)12-10-5-13/h1-5,12H,(H,10,13)(H3,9,11,14). The molecular formula is C8H10N4OS. The molecule has 0 heterocycles. The number of carbonyl (C=O) groups is 1. The van der Waals surface area contributed by atoms with Gasteiger partial charge in [-0.05, 0) is 36.5 Å². The fourth-order valence-corrected chi connectivity index (χ4v) is 1.01. The summed E-state index contributed by atoms with van der Waals surface area (Å²) in [7, 11) is 0. The summed E-state index contributed by atoms with van der Waals surface area (Å²) in [6.07, 6.45) is 0.557. The minimum atomic E-state index is 0.219. The van der Waals surface area contributed by atoms with E-state index in [1.165, 1.54) is 0 Å². The molecule has 0 aliphatic rings. The SMILES string of the molecule is NC(=S)Nc1ccc(NNC=O)cc1. The van der Waals surface area contributed by atoms with E-state index in [9.17, 15) is 4.79 Å². The van der Waals surface area contributed by atoms with E-state index in [1.807, 2.05) is 0 Å². The Hall–Kier alpha value is -1.82. The molecule has 1 aromatic rings. The van der Waals surface area contributed by atoms with E-state index in [0.717, 1.165) is 11.4 Å². The highest BCUT2D eigenvalue weighted by atomic mass is 32.1. The van der Waals surface area contributed by atoms with Crippen molar-refractivity contribution in [2.75, 3.05) is 10.7 Å². The number of nitrogens with one attached hydrogen (secondary N) is 3. The molecule has 0 aliphatic heterocycles. The van der Waals surface area contributed by atoms with Crippen molar-refractivity contribution in [3.05, 3.63) is 24.3 Å². The second kappa shape index (κ2) is 5.03. The molecule has 0 atom stereocenters. The first-order valence-corrected chi connectivity index (χ1v) is 4.25. The molecule has 5 N–H and O–H groups in total. The van der Waals surface area contributed by atoms with E-state index in [1.54, 1.807) is 24.3 Å². The highest BCUT2D eigenvalue weighted by Gasteiger charge is 1.93. The zero-order chi connectivity index (χ0) is 10.4. The third-order valence-corrected chi connectivity index (χ3v) is 1.53. The lowest BCUT2D eigenvalue weighted by Gasteiger charge is -2.06. The van der Waals surface area contributed by atoms with E-state index in [-0.39, 0.29) is 5.11 Å². The van der Waals surface area contributed by atoms with Gasteiger partial charge in [0.2, 0.25) is 6.41 Å². The molecule has 1 aromatic carbocycles. The first kappa shape index (κ1) is 10.3. The average molecular weight is 210 g/mol. The van der Waals surface area contributed by atoms with Crippen LogP contribution in [-0.4, -0.2) is 11.5 Å². The van der Waals surface area contributed by atoms with E-state index < -0.39 is 0 Å². The van der Waals surface area contributed by atoms with Gasteiger partial charge in [-0.3, -0.25) is 15.6 Å². The predicted molar refractivity (Wildman–Crippen MR) is 59.7 cm³/mol. The maximum absolute atomic E-state index is 9.97. The molecule has 0 aromatic heterocycles. The van der Waals surface area contributed by atoms with E-state index in [2.05, 4.69) is 28.4 Å². The molecule has 14 heavy (non-hydrogen) atoms. The zero-order valence-electron chi connectivity index (χ0n) is 7.28. The predicted octanol–water partition coefficient (Wildman–Crippen LogP) is 0.415. The molecule has 0 radical (unpaired) electrons. The number of carbonyl (C=O) groups excluding carboxylic acids is 1. The largest absolute Gasteiger partial charge is 0.376 e. The highest BCUT2D eigenvalue weighted by Crippen LogP contribution is 2.12. The Balaban J connectivity index is 2.58. The molecule has 0 saturated heterocycles. The Labute approximate surface area is 86.6 Å². The van der Waals surface area contributed by atoms with Crippen molar-refractivity contribution < 1.29 is 4.79 Å². The number of thiocarbonyl (C=S) groups is 1. The molecule has 1 amide bonds. The van der Waals surface area contributed by atoms with Crippen LogP contribution in [0.2, 0.25) is 0 Å². The third kappa shape index (κ3) is 3.28. The molecular weight excluding hydrogens is 200 g/mol. The Morgan fingerprint density at radius 3 is 2.36 bits per heavy atom.